The van der Waals surface area contributed by atoms with Gasteiger partial charge in [-0.25, -0.2) is 9.13 Å². The zero-order valence-corrected chi connectivity index (χ0v) is 69.4. The SMILES string of the molecule is CCCCCCCCCCCCCCCCCCCCCC(=O)O[C@H](COC(=O)CCCCCCCCCCCCCCCCC(C)C)COP(=O)(O)OC[C@@H](O)COP(=O)(O)OC[C@@H](COC(=O)CCCCCCCCCCCCCCC)OC(=O)CCCCCCCCCCCCCC(C)C. The first-order valence-corrected chi connectivity index (χ1v) is 46.5. The lowest BCUT2D eigenvalue weighted by Crippen LogP contribution is -2.30. The Labute approximate surface area is 632 Å². The number of rotatable bonds is 83. The largest absolute Gasteiger partial charge is 0.472 e. The van der Waals surface area contributed by atoms with Gasteiger partial charge in [0.2, 0.25) is 0 Å². The van der Waals surface area contributed by atoms with Crippen LogP contribution < -0.4 is 0 Å². The molecule has 0 bridgehead atoms. The van der Waals surface area contributed by atoms with Crippen molar-refractivity contribution in [1.29, 1.82) is 0 Å². The highest BCUT2D eigenvalue weighted by Gasteiger charge is 2.30. The molecule has 0 aromatic carbocycles. The maximum atomic E-state index is 13.1. The lowest BCUT2D eigenvalue weighted by Gasteiger charge is -2.21. The molecule has 0 radical (unpaired) electrons. The fraction of sp³-hybridized carbons (Fsp3) is 0.952. The fourth-order valence-corrected chi connectivity index (χ4v) is 14.6. The predicted octanol–water partition coefficient (Wildman–Crippen LogP) is 25.5. The molecule has 0 aromatic rings. The molecule has 3 N–H and O–H groups in total. The molecule has 103 heavy (non-hydrogen) atoms. The minimum atomic E-state index is -4.96. The summed E-state index contributed by atoms with van der Waals surface area (Å²) in [7, 11) is -9.93. The molecule has 612 valence electrons. The second-order valence-corrected chi connectivity index (χ2v) is 34.1. The van der Waals surface area contributed by atoms with Crippen LogP contribution in [0.4, 0.5) is 0 Å². The van der Waals surface area contributed by atoms with Crippen LogP contribution in [-0.2, 0) is 65.4 Å². The van der Waals surface area contributed by atoms with Gasteiger partial charge in [0, 0.05) is 25.7 Å². The van der Waals surface area contributed by atoms with Crippen molar-refractivity contribution < 1.29 is 80.2 Å². The molecule has 0 saturated carbocycles. The van der Waals surface area contributed by atoms with Crippen LogP contribution in [0, 0.1) is 11.8 Å². The van der Waals surface area contributed by atoms with E-state index in [1.165, 1.54) is 263 Å². The van der Waals surface area contributed by atoms with Crippen LogP contribution in [0.2, 0.25) is 0 Å². The summed E-state index contributed by atoms with van der Waals surface area (Å²) in [5.41, 5.74) is 0. The summed E-state index contributed by atoms with van der Waals surface area (Å²) in [5.74, 6) is -0.538. The van der Waals surface area contributed by atoms with Crippen molar-refractivity contribution in [3.05, 3.63) is 0 Å². The Balaban J connectivity index is 5.26. The van der Waals surface area contributed by atoms with Crippen LogP contribution in [0.25, 0.3) is 0 Å². The highest BCUT2D eigenvalue weighted by molar-refractivity contribution is 7.47. The normalized spacial score (nSPS) is 13.9. The Morgan fingerprint density at radius 2 is 0.447 bits per heavy atom. The molecule has 0 fully saturated rings. The van der Waals surface area contributed by atoms with Crippen molar-refractivity contribution in [2.45, 2.75) is 464 Å². The fourth-order valence-electron chi connectivity index (χ4n) is 13.1. The van der Waals surface area contributed by atoms with Gasteiger partial charge in [-0.1, -0.05) is 395 Å². The topological polar surface area (TPSA) is 237 Å². The van der Waals surface area contributed by atoms with Gasteiger partial charge in [0.1, 0.15) is 19.3 Å². The van der Waals surface area contributed by atoms with E-state index in [4.69, 9.17) is 37.0 Å². The van der Waals surface area contributed by atoms with E-state index in [0.717, 1.165) is 102 Å². The second kappa shape index (κ2) is 75.5. The van der Waals surface area contributed by atoms with Crippen molar-refractivity contribution in [3.63, 3.8) is 0 Å². The molecule has 0 rings (SSSR count). The summed E-state index contributed by atoms with van der Waals surface area (Å²) in [4.78, 5) is 73.2. The Hall–Kier alpha value is -1.94. The van der Waals surface area contributed by atoms with Crippen LogP contribution in [0.15, 0.2) is 0 Å². The molecule has 19 heteroatoms. The van der Waals surface area contributed by atoms with Gasteiger partial charge < -0.3 is 33.8 Å². The Morgan fingerprint density at radius 1 is 0.262 bits per heavy atom. The molecule has 0 saturated heterocycles. The number of phosphoric acid groups is 2. The van der Waals surface area contributed by atoms with E-state index in [1.54, 1.807) is 0 Å². The van der Waals surface area contributed by atoms with Gasteiger partial charge in [-0.2, -0.15) is 0 Å². The molecule has 0 heterocycles. The predicted molar refractivity (Wildman–Crippen MR) is 423 cm³/mol. The van der Waals surface area contributed by atoms with Gasteiger partial charge in [-0.3, -0.25) is 37.3 Å². The number of hydrogen-bond acceptors (Lipinski definition) is 15. The van der Waals surface area contributed by atoms with Crippen LogP contribution in [0.3, 0.4) is 0 Å². The van der Waals surface area contributed by atoms with E-state index in [2.05, 4.69) is 41.5 Å². The van der Waals surface area contributed by atoms with Gasteiger partial charge in [-0.15, -0.1) is 0 Å². The molecule has 0 aromatic heterocycles. The van der Waals surface area contributed by atoms with E-state index in [0.29, 0.717) is 25.7 Å². The first kappa shape index (κ1) is 101. The standard InChI is InChI=1S/C84H164O17P2/c1-7-9-11-13-15-17-19-21-22-23-24-25-26-32-38-44-50-56-62-68-83(88)100-79(72-95-82(87)67-61-55-49-43-37-31-28-27-30-34-40-46-52-58-64-76(3)4)74-98-102(90,91)96-70-78(85)71-97-103(92,93)99-75-80(73-94-81(86)66-60-54-48-42-36-29-20-18-16-14-12-10-8-2)101-84(89)69-63-57-51-45-39-33-35-41-47-53-59-65-77(5)6/h76-80,85H,7-75H2,1-6H3,(H,90,91)(H,92,93)/t78-,79-,80-/m1/s1. The summed E-state index contributed by atoms with van der Waals surface area (Å²) in [6, 6.07) is 0. The lowest BCUT2D eigenvalue weighted by atomic mass is 10.0. The second-order valence-electron chi connectivity index (χ2n) is 31.2. The molecule has 0 amide bonds. The molecule has 5 atom stereocenters. The van der Waals surface area contributed by atoms with E-state index in [-0.39, 0.29) is 25.7 Å². The highest BCUT2D eigenvalue weighted by Crippen LogP contribution is 2.45. The first-order valence-electron chi connectivity index (χ1n) is 43.5. The minimum Gasteiger partial charge on any atom is -0.462 e. The number of unbranched alkanes of at least 4 members (excludes halogenated alkanes) is 53. The first-order chi connectivity index (χ1) is 49.9. The number of hydrogen-bond donors (Lipinski definition) is 3. The average molecular weight is 1510 g/mol. The number of aliphatic hydroxyl groups is 1. The van der Waals surface area contributed by atoms with Gasteiger partial charge in [0.25, 0.3) is 0 Å². The quantitative estimate of drug-likeness (QED) is 0.0222. The molecule has 0 aliphatic heterocycles. The van der Waals surface area contributed by atoms with Gasteiger partial charge in [0.05, 0.1) is 26.4 Å². The summed E-state index contributed by atoms with van der Waals surface area (Å²) in [6.45, 7) is 9.69. The van der Waals surface area contributed by atoms with Crippen LogP contribution in [-0.4, -0.2) is 96.7 Å². The third-order valence-electron chi connectivity index (χ3n) is 19.7. The molecule has 17 nitrogen and oxygen atoms in total. The Kier molecular flexibility index (Phi) is 74.1. The van der Waals surface area contributed by atoms with E-state index in [9.17, 15) is 43.2 Å². The molecule has 2 unspecified atom stereocenters. The smallest absolute Gasteiger partial charge is 0.462 e. The van der Waals surface area contributed by atoms with Crippen molar-refractivity contribution in [2.24, 2.45) is 11.8 Å². The summed E-state index contributed by atoms with van der Waals surface area (Å²) < 4.78 is 68.9. The summed E-state index contributed by atoms with van der Waals surface area (Å²) in [6.07, 6.45) is 66.5. The van der Waals surface area contributed by atoms with Crippen molar-refractivity contribution >= 4 is 39.5 Å². The number of carbonyl (C=O) groups excluding carboxylic acids is 4. The van der Waals surface area contributed by atoms with Crippen LogP contribution in [0.5, 0.6) is 0 Å². The molecular weight excluding hydrogens is 1340 g/mol. The summed E-state index contributed by atoms with van der Waals surface area (Å²) in [5, 5.41) is 10.7. The molecule has 0 aliphatic carbocycles. The number of ether oxygens (including phenoxy) is 4. The van der Waals surface area contributed by atoms with Gasteiger partial charge in [0.15, 0.2) is 12.2 Å². The zero-order chi connectivity index (χ0) is 75.6. The third-order valence-corrected chi connectivity index (χ3v) is 21.6. The van der Waals surface area contributed by atoms with Gasteiger partial charge >= 0.3 is 39.5 Å². The van der Waals surface area contributed by atoms with Crippen molar-refractivity contribution in [3.8, 4) is 0 Å². The number of phosphoric ester groups is 2. The monoisotopic (exact) mass is 1510 g/mol. The molecule has 0 spiro atoms. The van der Waals surface area contributed by atoms with Gasteiger partial charge in [-0.05, 0) is 37.5 Å². The van der Waals surface area contributed by atoms with Crippen LogP contribution in [0.1, 0.15) is 446 Å². The maximum Gasteiger partial charge on any atom is 0.472 e. The van der Waals surface area contributed by atoms with Crippen molar-refractivity contribution in [2.75, 3.05) is 39.6 Å². The molecular formula is C84H164O17P2. The minimum absolute atomic E-state index is 0.107. The number of esters is 4. The molecule has 0 aliphatic rings. The lowest BCUT2D eigenvalue weighted by molar-refractivity contribution is -0.161. The number of carbonyl (C=O) groups is 4. The number of aliphatic hydroxyl groups excluding tert-OH is 1. The third kappa shape index (κ3) is 78.0. The van der Waals surface area contributed by atoms with E-state index in [1.807, 2.05) is 0 Å². The Bertz CT molecular complexity index is 1980. The zero-order valence-electron chi connectivity index (χ0n) is 67.6. The highest BCUT2D eigenvalue weighted by atomic mass is 31.2. The van der Waals surface area contributed by atoms with Crippen LogP contribution >= 0.6 is 15.6 Å². The maximum absolute atomic E-state index is 13.1. The Morgan fingerprint density at radius 3 is 0.660 bits per heavy atom. The average Bonchev–Trinajstić information content (AvgIpc) is 0.916. The van der Waals surface area contributed by atoms with E-state index >= 15 is 0 Å². The van der Waals surface area contributed by atoms with E-state index < -0.39 is 97.5 Å². The van der Waals surface area contributed by atoms with Crippen molar-refractivity contribution in [1.82, 2.24) is 0 Å². The summed E-state index contributed by atoms with van der Waals surface area (Å²) >= 11 is 0.